The molecule has 7 aromatic rings. The van der Waals surface area contributed by atoms with Gasteiger partial charge in [0, 0.05) is 49.1 Å². The largest absolute Gasteiger partial charge is 0.508 e. The number of hydrogen-bond acceptors (Lipinski definition) is 7. The number of aromatic hydroxyl groups is 1. The van der Waals surface area contributed by atoms with Crippen molar-refractivity contribution in [1.29, 1.82) is 0 Å². The van der Waals surface area contributed by atoms with Crippen LogP contribution < -0.4 is 28.4 Å². The average Bonchev–Trinajstić information content (AvgIpc) is 0.918. The lowest BCUT2D eigenvalue weighted by Crippen LogP contribution is -2.19. The van der Waals surface area contributed by atoms with E-state index in [9.17, 15) is 5.11 Å². The van der Waals surface area contributed by atoms with Crippen LogP contribution in [0.3, 0.4) is 0 Å². The van der Waals surface area contributed by atoms with Crippen molar-refractivity contribution < 1.29 is 33.5 Å². The van der Waals surface area contributed by atoms with Crippen molar-refractivity contribution in [2.24, 2.45) is 0 Å². The van der Waals surface area contributed by atoms with E-state index >= 15 is 0 Å². The van der Waals surface area contributed by atoms with Crippen LogP contribution in [-0.2, 0) is 64.6 Å². The minimum absolute atomic E-state index is 0.0410. The summed E-state index contributed by atoms with van der Waals surface area (Å²) in [6.07, 6.45) is 2.75. The normalized spacial score (nSPS) is 13.9. The van der Waals surface area contributed by atoms with Gasteiger partial charge >= 0.3 is 0 Å². The molecule has 1 aliphatic carbocycles. The number of hydrogen-bond donors (Lipinski definition) is 1. The van der Waals surface area contributed by atoms with E-state index in [0.29, 0.717) is 37.9 Å². The number of methoxy groups -OCH3 is 6. The zero-order valence-electron chi connectivity index (χ0n) is 59.7. The van der Waals surface area contributed by atoms with Crippen LogP contribution in [-0.4, -0.2) is 47.8 Å². The second-order valence-corrected chi connectivity index (χ2v) is 32.1. The second-order valence-electron chi connectivity index (χ2n) is 32.1. The zero-order chi connectivity index (χ0) is 66.0. The van der Waals surface area contributed by atoms with E-state index in [4.69, 9.17) is 28.4 Å². The standard InChI is InChI=1S/C82H108O7/c1-47(2)65-46-66(48(3)28-69(65)83)70-67-44-63(81(16,17)18)42-57(75(67)88-26)32-55-40-61(79(10,11)12)38-53(73(55)86-24)30-51-36-59(77(4,5)6)34-49(71(51)84-22)29-50-35-60(78(7,8)9)37-52(72(50)85-23)31-54-39-62(80(13,14)15)41-56(74(54)87-25)33-58-43-64(82(19,20)21)45-68(70)76(58)89-27/h28,34-47,70,83H,29-33H2,1-27H3. The summed E-state index contributed by atoms with van der Waals surface area (Å²) in [6, 6.07) is 32.6. The van der Waals surface area contributed by atoms with Crippen molar-refractivity contribution in [3.05, 3.63) is 202 Å². The number of phenolic OH excluding ortho intramolecular Hbond substituents is 1. The van der Waals surface area contributed by atoms with E-state index < -0.39 is 5.92 Å². The van der Waals surface area contributed by atoms with E-state index in [1.165, 1.54) is 33.4 Å². The Hall–Kier alpha value is -6.86. The van der Waals surface area contributed by atoms with E-state index in [1.807, 2.05) is 48.7 Å². The number of aryl methyl sites for hydroxylation is 1. The van der Waals surface area contributed by atoms with Crippen molar-refractivity contribution in [2.45, 2.75) is 222 Å². The molecule has 0 aromatic heterocycles. The van der Waals surface area contributed by atoms with Gasteiger partial charge in [-0.2, -0.15) is 0 Å². The molecule has 7 nitrogen and oxygen atoms in total. The van der Waals surface area contributed by atoms with Crippen molar-refractivity contribution in [3.63, 3.8) is 0 Å². The van der Waals surface area contributed by atoms with Crippen LogP contribution >= 0.6 is 0 Å². The molecule has 0 aliphatic heterocycles. The van der Waals surface area contributed by atoms with Crippen LogP contribution in [0.15, 0.2) is 84.9 Å². The molecule has 7 heteroatoms. The Balaban J connectivity index is 1.62. The van der Waals surface area contributed by atoms with Crippen molar-refractivity contribution >= 4 is 0 Å². The highest BCUT2D eigenvalue weighted by molar-refractivity contribution is 5.66. The molecule has 0 saturated heterocycles. The predicted molar refractivity (Wildman–Crippen MR) is 372 cm³/mol. The van der Waals surface area contributed by atoms with Crippen LogP contribution in [0.1, 0.15) is 267 Å². The van der Waals surface area contributed by atoms with Crippen molar-refractivity contribution in [2.75, 3.05) is 42.7 Å². The van der Waals surface area contributed by atoms with Gasteiger partial charge in [-0.1, -0.05) is 217 Å². The van der Waals surface area contributed by atoms with E-state index in [-0.39, 0.29) is 38.4 Å². The highest BCUT2D eigenvalue weighted by Crippen LogP contribution is 2.51. The Morgan fingerprint density at radius 2 is 0.506 bits per heavy atom. The van der Waals surface area contributed by atoms with Gasteiger partial charge in [-0.3, -0.25) is 0 Å². The van der Waals surface area contributed by atoms with Crippen molar-refractivity contribution in [3.8, 4) is 40.2 Å². The summed E-state index contributed by atoms with van der Waals surface area (Å²) in [5, 5.41) is 11.8. The Kier molecular flexibility index (Phi) is 19.2. The number of phenols is 1. The fraction of sp³-hybridized carbons (Fsp3) is 0.488. The van der Waals surface area contributed by atoms with Gasteiger partial charge in [0.15, 0.2) is 0 Å². The lowest BCUT2D eigenvalue weighted by molar-refractivity contribution is 0.393. The maximum atomic E-state index is 11.8. The summed E-state index contributed by atoms with van der Waals surface area (Å²) < 4.78 is 40.9. The molecule has 7 aromatic carbocycles. The predicted octanol–water partition coefficient (Wildman–Crippen LogP) is 20.1. The van der Waals surface area contributed by atoms with Crippen molar-refractivity contribution in [1.82, 2.24) is 0 Å². The lowest BCUT2D eigenvalue weighted by atomic mass is 9.74. The van der Waals surface area contributed by atoms with Gasteiger partial charge in [-0.15, -0.1) is 0 Å². The topological polar surface area (TPSA) is 75.6 Å². The Morgan fingerprint density at radius 3 is 0.697 bits per heavy atom. The molecule has 8 rings (SSSR count). The first kappa shape index (κ1) is 68.1. The Bertz CT molecular complexity index is 3560. The molecule has 89 heavy (non-hydrogen) atoms. The number of ether oxygens (including phenoxy) is 6. The highest BCUT2D eigenvalue weighted by Gasteiger charge is 2.35. The molecular weight excluding hydrogens is 1100 g/mol. The van der Waals surface area contributed by atoms with Crippen LogP contribution in [0.4, 0.5) is 0 Å². The van der Waals surface area contributed by atoms with Crippen LogP contribution in [0.5, 0.6) is 40.2 Å². The zero-order valence-corrected chi connectivity index (χ0v) is 59.7. The third-order valence-corrected chi connectivity index (χ3v) is 18.7. The van der Waals surface area contributed by atoms with Gasteiger partial charge in [-0.05, 0) is 157 Å². The molecule has 0 saturated carbocycles. The van der Waals surface area contributed by atoms with Crippen LogP contribution in [0, 0.1) is 6.92 Å². The average molecular weight is 1210 g/mol. The Morgan fingerprint density at radius 1 is 0.303 bits per heavy atom. The summed E-state index contributed by atoms with van der Waals surface area (Å²) >= 11 is 0. The smallest absolute Gasteiger partial charge is 0.126 e. The SMILES string of the molecule is COc1c2cc(C(C)(C)C)cc1Cc1cc(C(C)(C)C)cc(c1OC)Cc1cc(C(C)(C)C)cc(c1OC)C(c1cc(C(C)C)c(O)cc1C)c1cc(C(C)(C)C)cc(c1OC)Cc1cc(C(C)(C)C)cc(c1OC)Cc1cc(C(C)(C)C)cc(c1OC)C2. The number of fused-ring (bicyclic) bond motifs is 12. The molecule has 0 heterocycles. The van der Waals surface area contributed by atoms with E-state index in [2.05, 4.69) is 224 Å². The molecule has 12 bridgehead atoms. The maximum Gasteiger partial charge on any atom is 0.126 e. The first-order valence-electron chi connectivity index (χ1n) is 32.3. The molecule has 478 valence electrons. The Labute approximate surface area is 537 Å². The molecule has 0 unspecified atom stereocenters. The molecular formula is C82H108O7. The van der Waals surface area contributed by atoms with Gasteiger partial charge in [0.1, 0.15) is 40.2 Å². The molecule has 0 amide bonds. The minimum atomic E-state index is -0.434. The fourth-order valence-electron chi connectivity index (χ4n) is 13.4. The molecule has 0 fully saturated rings. The van der Waals surface area contributed by atoms with Crippen LogP contribution in [0.2, 0.25) is 0 Å². The maximum absolute atomic E-state index is 11.8. The van der Waals surface area contributed by atoms with Gasteiger partial charge in [0.2, 0.25) is 0 Å². The van der Waals surface area contributed by atoms with Gasteiger partial charge < -0.3 is 33.5 Å². The number of benzene rings is 7. The summed E-state index contributed by atoms with van der Waals surface area (Å²) in [5.74, 6) is 4.90. The second kappa shape index (κ2) is 25.1. The summed E-state index contributed by atoms with van der Waals surface area (Å²) in [7, 11) is 10.9. The first-order chi connectivity index (χ1) is 41.2. The quantitative estimate of drug-likeness (QED) is 0.162. The third kappa shape index (κ3) is 14.2. The van der Waals surface area contributed by atoms with E-state index in [0.717, 1.165) is 118 Å². The molecule has 1 aliphatic rings. The van der Waals surface area contributed by atoms with E-state index in [1.54, 1.807) is 0 Å². The highest BCUT2D eigenvalue weighted by atomic mass is 16.5. The summed E-state index contributed by atoms with van der Waals surface area (Å²) in [5.41, 5.74) is 21.6. The minimum Gasteiger partial charge on any atom is -0.508 e. The van der Waals surface area contributed by atoms with Gasteiger partial charge in [0.25, 0.3) is 0 Å². The fourth-order valence-corrected chi connectivity index (χ4v) is 13.4. The first-order valence-corrected chi connectivity index (χ1v) is 32.3. The molecule has 1 N–H and O–H groups in total. The van der Waals surface area contributed by atoms with Crippen LogP contribution in [0.25, 0.3) is 0 Å². The summed E-state index contributed by atoms with van der Waals surface area (Å²) in [6.45, 7) is 47.8. The molecule has 0 radical (unpaired) electrons. The number of rotatable bonds is 8. The third-order valence-electron chi connectivity index (χ3n) is 18.7. The monoisotopic (exact) mass is 1200 g/mol. The molecule has 0 spiro atoms. The molecule has 0 atom stereocenters. The lowest BCUT2D eigenvalue weighted by Gasteiger charge is -2.32. The summed E-state index contributed by atoms with van der Waals surface area (Å²) in [4.78, 5) is 0. The van der Waals surface area contributed by atoms with Gasteiger partial charge in [0.05, 0.1) is 42.7 Å². The van der Waals surface area contributed by atoms with Gasteiger partial charge in [-0.25, -0.2) is 0 Å².